The van der Waals surface area contributed by atoms with E-state index in [0.717, 1.165) is 4.90 Å². The number of anilines is 1. The highest BCUT2D eigenvalue weighted by atomic mass is 32.2. The van der Waals surface area contributed by atoms with Crippen molar-refractivity contribution in [3.8, 4) is 5.75 Å². The number of carbonyl (C=O) groups excluding carboxylic acids is 1. The van der Waals surface area contributed by atoms with Gasteiger partial charge in [-0.05, 0) is 42.5 Å². The van der Waals surface area contributed by atoms with E-state index in [4.69, 9.17) is 9.47 Å². The Labute approximate surface area is 173 Å². The van der Waals surface area contributed by atoms with Gasteiger partial charge >= 0.3 is 0 Å². The SMILES string of the molecule is COc1ccc(NC(=O)CSc2ccc(F)cc2)cc1S(=O)(=O)N1CCOCC1. The molecule has 0 aromatic heterocycles. The molecule has 0 bridgehead atoms. The zero-order valence-electron chi connectivity index (χ0n) is 15.8. The Morgan fingerprint density at radius 3 is 2.55 bits per heavy atom. The van der Waals surface area contributed by atoms with Gasteiger partial charge in [0, 0.05) is 23.7 Å². The quantitative estimate of drug-likeness (QED) is 0.667. The minimum absolute atomic E-state index is 0.00844. The van der Waals surface area contributed by atoms with Gasteiger partial charge in [0.05, 0.1) is 26.1 Å². The van der Waals surface area contributed by atoms with E-state index >= 15 is 0 Å². The summed E-state index contributed by atoms with van der Waals surface area (Å²) in [5, 5.41) is 2.69. The molecule has 1 fully saturated rings. The van der Waals surface area contributed by atoms with Gasteiger partial charge in [-0.3, -0.25) is 4.79 Å². The fraction of sp³-hybridized carbons (Fsp3) is 0.316. The van der Waals surface area contributed by atoms with Gasteiger partial charge in [-0.1, -0.05) is 0 Å². The number of ether oxygens (including phenoxy) is 2. The van der Waals surface area contributed by atoms with Crippen molar-refractivity contribution in [3.63, 3.8) is 0 Å². The van der Waals surface area contributed by atoms with Crippen molar-refractivity contribution in [3.05, 3.63) is 48.3 Å². The van der Waals surface area contributed by atoms with E-state index in [-0.39, 0.29) is 41.2 Å². The fourth-order valence-electron chi connectivity index (χ4n) is 2.76. The molecule has 0 atom stereocenters. The summed E-state index contributed by atoms with van der Waals surface area (Å²) < 4.78 is 50.7. The first-order valence-electron chi connectivity index (χ1n) is 8.84. The Bertz CT molecular complexity index is 961. The molecule has 3 rings (SSSR count). The van der Waals surface area contributed by atoms with E-state index in [1.165, 1.54) is 47.4 Å². The monoisotopic (exact) mass is 440 g/mol. The highest BCUT2D eigenvalue weighted by Gasteiger charge is 2.29. The topological polar surface area (TPSA) is 84.9 Å². The van der Waals surface area contributed by atoms with Gasteiger partial charge in [0.25, 0.3) is 0 Å². The summed E-state index contributed by atoms with van der Waals surface area (Å²) >= 11 is 1.25. The van der Waals surface area contributed by atoms with Gasteiger partial charge in [0.2, 0.25) is 15.9 Å². The summed E-state index contributed by atoms with van der Waals surface area (Å²) in [5.41, 5.74) is 0.349. The second kappa shape index (κ2) is 9.57. The van der Waals surface area contributed by atoms with Crippen LogP contribution in [-0.4, -0.2) is 57.8 Å². The largest absolute Gasteiger partial charge is 0.495 e. The minimum atomic E-state index is -3.79. The predicted octanol–water partition coefficient (Wildman–Crippen LogP) is 2.59. The van der Waals surface area contributed by atoms with Crippen LogP contribution in [0.1, 0.15) is 0 Å². The molecular weight excluding hydrogens is 419 g/mol. The molecule has 1 N–H and O–H groups in total. The number of hydrogen-bond donors (Lipinski definition) is 1. The van der Waals surface area contributed by atoms with Gasteiger partial charge < -0.3 is 14.8 Å². The molecule has 7 nitrogen and oxygen atoms in total. The van der Waals surface area contributed by atoms with Gasteiger partial charge in [0.1, 0.15) is 16.5 Å². The predicted molar refractivity (Wildman–Crippen MR) is 108 cm³/mol. The van der Waals surface area contributed by atoms with Crippen LogP contribution in [0, 0.1) is 5.82 Å². The number of halogens is 1. The molecular formula is C19H21FN2O5S2. The van der Waals surface area contributed by atoms with Crippen LogP contribution in [0.25, 0.3) is 0 Å². The summed E-state index contributed by atoms with van der Waals surface area (Å²) in [6.45, 7) is 1.18. The minimum Gasteiger partial charge on any atom is -0.495 e. The molecule has 1 heterocycles. The molecule has 1 saturated heterocycles. The third-order valence-electron chi connectivity index (χ3n) is 4.22. The smallest absolute Gasteiger partial charge is 0.246 e. The number of methoxy groups -OCH3 is 1. The number of nitrogens with zero attached hydrogens (tertiary/aromatic N) is 1. The van der Waals surface area contributed by atoms with Crippen LogP contribution in [-0.2, 0) is 19.6 Å². The van der Waals surface area contributed by atoms with Crippen molar-refractivity contribution >= 4 is 33.4 Å². The van der Waals surface area contributed by atoms with Crippen molar-refractivity contribution in [2.45, 2.75) is 9.79 Å². The third-order valence-corrected chi connectivity index (χ3v) is 7.15. The highest BCUT2D eigenvalue weighted by molar-refractivity contribution is 8.00. The molecule has 0 spiro atoms. The number of sulfonamides is 1. The highest BCUT2D eigenvalue weighted by Crippen LogP contribution is 2.30. The number of rotatable bonds is 7. The normalized spacial score (nSPS) is 15.1. The Morgan fingerprint density at radius 2 is 1.90 bits per heavy atom. The van der Waals surface area contributed by atoms with Gasteiger partial charge in [-0.15, -0.1) is 11.8 Å². The third kappa shape index (κ3) is 5.47. The standard InChI is InChI=1S/C19H21FN2O5S2/c1-26-17-7-4-15(12-18(17)29(24,25)22-8-10-27-11-9-22)21-19(23)13-28-16-5-2-14(20)3-6-16/h2-7,12H,8-11,13H2,1H3,(H,21,23). The zero-order chi connectivity index (χ0) is 20.9. The van der Waals surface area contributed by atoms with Gasteiger partial charge in [0.15, 0.2) is 0 Å². The van der Waals surface area contributed by atoms with E-state index < -0.39 is 10.0 Å². The van der Waals surface area contributed by atoms with Crippen LogP contribution < -0.4 is 10.1 Å². The molecule has 1 aliphatic heterocycles. The average Bonchev–Trinajstić information content (AvgIpc) is 2.74. The number of morpholine rings is 1. The molecule has 2 aromatic rings. The molecule has 0 radical (unpaired) electrons. The number of carbonyl (C=O) groups is 1. The maximum atomic E-state index is 13.0. The summed E-state index contributed by atoms with van der Waals surface area (Å²) in [4.78, 5) is 13.0. The van der Waals surface area contributed by atoms with E-state index in [2.05, 4.69) is 5.32 Å². The van der Waals surface area contributed by atoms with Crippen molar-refractivity contribution in [2.75, 3.05) is 44.5 Å². The molecule has 0 saturated carbocycles. The van der Waals surface area contributed by atoms with Crippen LogP contribution in [0.3, 0.4) is 0 Å². The molecule has 1 aliphatic rings. The maximum absolute atomic E-state index is 13.0. The molecule has 2 aromatic carbocycles. The van der Waals surface area contributed by atoms with E-state index in [1.54, 1.807) is 18.2 Å². The lowest BCUT2D eigenvalue weighted by Crippen LogP contribution is -2.40. The number of amides is 1. The average molecular weight is 441 g/mol. The summed E-state index contributed by atoms with van der Waals surface area (Å²) in [5.74, 6) is -0.344. The molecule has 156 valence electrons. The first-order valence-corrected chi connectivity index (χ1v) is 11.3. The molecule has 10 heteroatoms. The number of nitrogens with one attached hydrogen (secondary N) is 1. The first-order chi connectivity index (χ1) is 13.9. The van der Waals surface area contributed by atoms with Gasteiger partial charge in [-0.25, -0.2) is 12.8 Å². The van der Waals surface area contributed by atoms with Gasteiger partial charge in [-0.2, -0.15) is 4.31 Å². The Morgan fingerprint density at radius 1 is 1.21 bits per heavy atom. The van der Waals surface area contributed by atoms with Crippen LogP contribution in [0.2, 0.25) is 0 Å². The lowest BCUT2D eigenvalue weighted by Gasteiger charge is -2.26. The van der Waals surface area contributed by atoms with Crippen LogP contribution in [0.15, 0.2) is 52.3 Å². The summed E-state index contributed by atoms with van der Waals surface area (Å²) in [6, 6.07) is 10.3. The second-order valence-corrected chi connectivity index (χ2v) is 9.13. The first kappa shape index (κ1) is 21.6. The van der Waals surface area contributed by atoms with E-state index in [9.17, 15) is 17.6 Å². The zero-order valence-corrected chi connectivity index (χ0v) is 17.4. The van der Waals surface area contributed by atoms with E-state index in [0.29, 0.717) is 18.9 Å². The number of hydrogen-bond acceptors (Lipinski definition) is 6. The Kier molecular flexibility index (Phi) is 7.12. The number of benzene rings is 2. The number of thioether (sulfide) groups is 1. The molecule has 0 aliphatic carbocycles. The van der Waals surface area contributed by atoms with E-state index in [1.807, 2.05) is 0 Å². The van der Waals surface area contributed by atoms with Crippen molar-refractivity contribution < 1.29 is 27.1 Å². The summed E-state index contributed by atoms with van der Waals surface area (Å²) in [6.07, 6.45) is 0. The maximum Gasteiger partial charge on any atom is 0.246 e. The van der Waals surface area contributed by atoms with Crippen LogP contribution in [0.5, 0.6) is 5.75 Å². The Hall–Kier alpha value is -2.14. The Balaban J connectivity index is 1.72. The van der Waals surface area contributed by atoms with Crippen LogP contribution in [0.4, 0.5) is 10.1 Å². The lowest BCUT2D eigenvalue weighted by atomic mass is 10.3. The summed E-state index contributed by atoms with van der Waals surface area (Å²) in [7, 11) is -2.39. The fourth-order valence-corrected chi connectivity index (χ4v) is 5.05. The van der Waals surface area contributed by atoms with Crippen molar-refractivity contribution in [2.24, 2.45) is 0 Å². The molecule has 1 amide bonds. The molecule has 0 unspecified atom stereocenters. The molecule has 29 heavy (non-hydrogen) atoms. The van der Waals surface area contributed by atoms with Crippen LogP contribution >= 0.6 is 11.8 Å². The van der Waals surface area contributed by atoms with Crippen molar-refractivity contribution in [1.29, 1.82) is 0 Å². The van der Waals surface area contributed by atoms with Crippen molar-refractivity contribution in [1.82, 2.24) is 4.31 Å². The lowest BCUT2D eigenvalue weighted by molar-refractivity contribution is -0.113. The second-order valence-electron chi connectivity index (χ2n) is 6.17.